The molecule has 0 radical (unpaired) electrons. The number of allylic oxidation sites excluding steroid dienone is 2. The summed E-state index contributed by atoms with van der Waals surface area (Å²) in [6, 6.07) is 8.42. The van der Waals surface area contributed by atoms with E-state index in [4.69, 9.17) is 0 Å². The van der Waals surface area contributed by atoms with Crippen molar-refractivity contribution in [2.24, 2.45) is 0 Å². The Labute approximate surface area is 145 Å². The number of hydrogen-bond acceptors (Lipinski definition) is 1. The molecule has 0 heterocycles. The van der Waals surface area contributed by atoms with Gasteiger partial charge < -0.3 is 0 Å². The van der Waals surface area contributed by atoms with Crippen molar-refractivity contribution in [2.45, 2.75) is 60.3 Å². The third-order valence-electron chi connectivity index (χ3n) is 2.94. The highest BCUT2D eigenvalue weighted by Gasteiger charge is 2.13. The molecule has 2 heteroatoms. The molecule has 21 heavy (non-hydrogen) atoms. The first-order chi connectivity index (χ1) is 10.3. The van der Waals surface area contributed by atoms with E-state index in [0.29, 0.717) is 6.42 Å². The minimum Gasteiger partial charge on any atom is -0.295 e. The third kappa shape index (κ3) is 8.40. The zero-order valence-corrected chi connectivity index (χ0v) is 16.7. The Kier molecular flexibility index (Phi) is 17.0. The van der Waals surface area contributed by atoms with E-state index >= 15 is 0 Å². The molecular weight excluding hydrogens is 371 g/mol. The zero-order chi connectivity index (χ0) is 16.7. The second kappa shape index (κ2) is 15.7. The molecular formula is C19H31IO. The summed E-state index contributed by atoms with van der Waals surface area (Å²) >= 11 is 2.15. The number of aryl methyl sites for hydroxylation is 1. The Morgan fingerprint density at radius 2 is 1.67 bits per heavy atom. The number of fused-ring (bicyclic) bond motifs is 1. The van der Waals surface area contributed by atoms with Crippen LogP contribution in [-0.4, -0.2) is 10.7 Å². The molecule has 0 saturated heterocycles. The number of carbonyl (C=O) groups is 1. The third-order valence-corrected chi connectivity index (χ3v) is 2.94. The van der Waals surface area contributed by atoms with E-state index in [1.54, 1.807) is 0 Å². The van der Waals surface area contributed by atoms with Crippen molar-refractivity contribution in [3.8, 4) is 0 Å². The van der Waals surface area contributed by atoms with Crippen LogP contribution in [0.2, 0.25) is 0 Å². The molecule has 0 bridgehead atoms. The van der Waals surface area contributed by atoms with Crippen LogP contribution in [0.5, 0.6) is 0 Å². The number of benzene rings is 1. The molecule has 2 rings (SSSR count). The number of ketones is 1. The predicted molar refractivity (Wildman–Crippen MR) is 105 cm³/mol. The van der Waals surface area contributed by atoms with Crippen molar-refractivity contribution in [3.63, 3.8) is 0 Å². The monoisotopic (exact) mass is 402 g/mol. The van der Waals surface area contributed by atoms with Crippen molar-refractivity contribution in [3.05, 3.63) is 41.5 Å². The molecule has 1 nitrogen and oxygen atoms in total. The molecule has 0 spiro atoms. The van der Waals surface area contributed by atoms with Crippen molar-refractivity contribution < 1.29 is 4.79 Å². The Hall–Kier alpha value is -0.640. The molecule has 0 N–H and O–H groups in total. The van der Waals surface area contributed by atoms with Crippen LogP contribution in [0.15, 0.2) is 30.3 Å². The Morgan fingerprint density at radius 1 is 1.10 bits per heavy atom. The fraction of sp³-hybridized carbons (Fsp3) is 0.526. The van der Waals surface area contributed by atoms with E-state index in [0.717, 1.165) is 12.8 Å². The summed E-state index contributed by atoms with van der Waals surface area (Å²) in [7, 11) is 0. The molecule has 1 aliphatic carbocycles. The molecule has 120 valence electrons. The van der Waals surface area contributed by atoms with Gasteiger partial charge in [0.25, 0.3) is 0 Å². The molecule has 1 aromatic rings. The van der Waals surface area contributed by atoms with E-state index < -0.39 is 0 Å². The van der Waals surface area contributed by atoms with Gasteiger partial charge in [-0.2, -0.15) is 0 Å². The van der Waals surface area contributed by atoms with E-state index in [1.807, 2.05) is 45.6 Å². The first kappa shape index (κ1) is 22.6. The minimum absolute atomic E-state index is 0.238. The van der Waals surface area contributed by atoms with Gasteiger partial charge in [0, 0.05) is 6.42 Å². The van der Waals surface area contributed by atoms with Gasteiger partial charge in [-0.05, 0) is 47.0 Å². The van der Waals surface area contributed by atoms with E-state index in [1.165, 1.54) is 23.1 Å². The topological polar surface area (TPSA) is 17.1 Å². The van der Waals surface area contributed by atoms with Crippen LogP contribution in [0.25, 0.3) is 5.57 Å². The number of rotatable bonds is 2. The minimum atomic E-state index is 0.238. The highest BCUT2D eigenvalue weighted by Crippen LogP contribution is 2.30. The second-order valence-corrected chi connectivity index (χ2v) is 4.00. The zero-order valence-electron chi connectivity index (χ0n) is 14.5. The maximum atomic E-state index is 11.4. The summed E-state index contributed by atoms with van der Waals surface area (Å²) in [5, 5.41) is 0. The van der Waals surface area contributed by atoms with E-state index in [2.05, 4.69) is 46.9 Å². The van der Waals surface area contributed by atoms with Gasteiger partial charge in [0.1, 0.15) is 0 Å². The first-order valence-electron chi connectivity index (χ1n) is 8.00. The number of alkyl halides is 1. The molecule has 1 aliphatic rings. The van der Waals surface area contributed by atoms with Gasteiger partial charge in [0.15, 0.2) is 5.78 Å². The molecule has 0 aromatic heterocycles. The standard InChI is InChI=1S/C14H16O.2C2H6.CH3I/c1-2-13(15)10-12-8-5-7-11-6-3-4-9-14(11)12;3*1-2/h3-4,6,9-10H,2,5,7-8H2,1H3;2*1-2H3;1H3. The summed E-state index contributed by atoms with van der Waals surface area (Å²) in [6.45, 7) is 9.91. The normalized spacial score (nSPS) is 13.4. The van der Waals surface area contributed by atoms with Gasteiger partial charge in [0.05, 0.1) is 0 Å². The van der Waals surface area contributed by atoms with Gasteiger partial charge in [-0.1, -0.05) is 81.5 Å². The molecule has 1 aromatic carbocycles. The highest BCUT2D eigenvalue weighted by molar-refractivity contribution is 14.1. The first-order valence-corrected chi connectivity index (χ1v) is 10.2. The van der Waals surface area contributed by atoms with Gasteiger partial charge in [-0.3, -0.25) is 4.79 Å². The van der Waals surface area contributed by atoms with Crippen LogP contribution in [-0.2, 0) is 11.2 Å². The quantitative estimate of drug-likeness (QED) is 0.314. The number of halogens is 1. The van der Waals surface area contributed by atoms with Crippen LogP contribution < -0.4 is 0 Å². The second-order valence-electron chi connectivity index (χ2n) is 4.00. The average Bonchev–Trinajstić information content (AvgIpc) is 2.60. The predicted octanol–water partition coefficient (Wildman–Crippen LogP) is 6.49. The molecule has 0 unspecified atom stereocenters. The SMILES string of the molecule is CC.CC.CCC(=O)C=C1CCCc2ccccc21.CI. The number of hydrogen-bond donors (Lipinski definition) is 0. The van der Waals surface area contributed by atoms with Crippen LogP contribution in [0, 0.1) is 0 Å². The van der Waals surface area contributed by atoms with Crippen molar-refractivity contribution in [2.75, 3.05) is 4.93 Å². The fourth-order valence-electron chi connectivity index (χ4n) is 2.10. The lowest BCUT2D eigenvalue weighted by Gasteiger charge is -2.18. The van der Waals surface area contributed by atoms with Crippen molar-refractivity contribution in [1.29, 1.82) is 0 Å². The molecule has 0 fully saturated rings. The lowest BCUT2D eigenvalue weighted by molar-refractivity contribution is -0.114. The fourth-order valence-corrected chi connectivity index (χ4v) is 2.10. The summed E-state index contributed by atoms with van der Waals surface area (Å²) in [4.78, 5) is 13.4. The molecule has 0 amide bonds. The summed E-state index contributed by atoms with van der Waals surface area (Å²) in [6.07, 6.45) is 5.79. The van der Waals surface area contributed by atoms with Crippen molar-refractivity contribution >= 4 is 33.9 Å². The summed E-state index contributed by atoms with van der Waals surface area (Å²) < 4.78 is 0. The van der Waals surface area contributed by atoms with Gasteiger partial charge in [-0.15, -0.1) is 0 Å². The molecule has 0 aliphatic heterocycles. The average molecular weight is 402 g/mol. The van der Waals surface area contributed by atoms with Crippen LogP contribution in [0.3, 0.4) is 0 Å². The van der Waals surface area contributed by atoms with Crippen molar-refractivity contribution in [1.82, 2.24) is 0 Å². The Bertz CT molecular complexity index is 408. The molecule has 0 saturated carbocycles. The van der Waals surface area contributed by atoms with E-state index in [-0.39, 0.29) is 5.78 Å². The van der Waals surface area contributed by atoms with E-state index in [9.17, 15) is 4.79 Å². The lowest BCUT2D eigenvalue weighted by atomic mass is 9.87. The molecule has 0 atom stereocenters. The lowest BCUT2D eigenvalue weighted by Crippen LogP contribution is -2.03. The van der Waals surface area contributed by atoms with Crippen LogP contribution in [0.4, 0.5) is 0 Å². The highest BCUT2D eigenvalue weighted by atomic mass is 127. The van der Waals surface area contributed by atoms with Crippen LogP contribution >= 0.6 is 22.6 Å². The summed E-state index contributed by atoms with van der Waals surface area (Å²) in [5.41, 5.74) is 3.90. The summed E-state index contributed by atoms with van der Waals surface area (Å²) in [5.74, 6) is 0.238. The van der Waals surface area contributed by atoms with Gasteiger partial charge in [0.2, 0.25) is 0 Å². The maximum absolute atomic E-state index is 11.4. The van der Waals surface area contributed by atoms with Gasteiger partial charge in [-0.25, -0.2) is 0 Å². The Morgan fingerprint density at radius 3 is 2.24 bits per heavy atom. The number of carbonyl (C=O) groups excluding carboxylic acids is 1. The largest absolute Gasteiger partial charge is 0.295 e. The Balaban J connectivity index is 0. The smallest absolute Gasteiger partial charge is 0.155 e. The van der Waals surface area contributed by atoms with Gasteiger partial charge >= 0.3 is 0 Å². The maximum Gasteiger partial charge on any atom is 0.155 e. The van der Waals surface area contributed by atoms with Crippen LogP contribution in [0.1, 0.15) is 65.0 Å².